The summed E-state index contributed by atoms with van der Waals surface area (Å²) in [6.45, 7) is 13.6. The third kappa shape index (κ3) is 18.1. The molecule has 17 rings (SSSR count). The van der Waals surface area contributed by atoms with E-state index in [-0.39, 0.29) is 202 Å². The van der Waals surface area contributed by atoms with Gasteiger partial charge in [-0.15, -0.1) is 0 Å². The van der Waals surface area contributed by atoms with Gasteiger partial charge in [-0.25, -0.2) is 28.8 Å². The Balaban J connectivity index is 0.924. The molecule has 15 aromatic rings. The van der Waals surface area contributed by atoms with Crippen LogP contribution in [0.15, 0.2) is 262 Å². The summed E-state index contributed by atoms with van der Waals surface area (Å²) in [6.07, 6.45) is -7.18. The molecular formula is C102H71Cl4F3N2O22. The van der Waals surface area contributed by atoms with E-state index in [1.165, 1.54) is 54.6 Å². The van der Waals surface area contributed by atoms with Gasteiger partial charge in [-0.1, -0.05) is 201 Å². The number of fused-ring (bicyclic) bond motifs is 8. The maximum atomic E-state index is 16.6. The van der Waals surface area contributed by atoms with Gasteiger partial charge in [-0.3, -0.25) is 29.0 Å². The van der Waals surface area contributed by atoms with Gasteiger partial charge in [0.1, 0.15) is 114 Å². The molecule has 0 saturated carbocycles. The number of para-hydroxylation sites is 4. The average molecular weight is 1880 g/mol. The van der Waals surface area contributed by atoms with Gasteiger partial charge in [0.2, 0.25) is 0 Å². The number of esters is 6. The van der Waals surface area contributed by atoms with E-state index in [9.17, 15) is 19.2 Å². The van der Waals surface area contributed by atoms with Gasteiger partial charge in [0.25, 0.3) is 23.6 Å². The van der Waals surface area contributed by atoms with Crippen molar-refractivity contribution in [2.75, 3.05) is 26.4 Å². The Bertz CT molecular complexity index is 7130. The van der Waals surface area contributed by atoms with Crippen molar-refractivity contribution < 1.29 is 117 Å². The minimum absolute atomic E-state index is 0.0148. The van der Waals surface area contributed by atoms with Crippen LogP contribution in [-0.4, -0.2) is 114 Å². The fourth-order valence-corrected chi connectivity index (χ4v) is 16.7. The summed E-state index contributed by atoms with van der Waals surface area (Å²) in [7, 11) is 0. The molecule has 2 aliphatic rings. The van der Waals surface area contributed by atoms with Crippen LogP contribution in [0.4, 0.5) is 13.2 Å². The summed E-state index contributed by atoms with van der Waals surface area (Å²) in [6, 6.07) is 50.3. The zero-order valence-corrected chi connectivity index (χ0v) is 73.1. The molecule has 4 heterocycles. The van der Waals surface area contributed by atoms with E-state index in [1.807, 2.05) is 24.3 Å². The highest BCUT2D eigenvalue weighted by Gasteiger charge is 2.50. The SMILES string of the molecule is C=C(Cl)C(=O)OCCc1ccc(Oc2cc3c4c(cc(Oc5ccc(CCOC(=O)C(=C)Cl)cc5)c5c6c(Oc7ccc(CCOC(=O)C(=C)Cl)cc7)cc7c8c(cc(Oc9ccc(CCOC(=O)C(=C)Cl)cc9)c(c2c45)c86)C(=O)N(C(CC(F)(F)F)C(=O)OCc2cccc4c2oc2ccccc24)C7=O)C(=O)N(C(CC)C(=O)OCc2cccc4c2oc2ccccc24)C3=O)cc1. The van der Waals surface area contributed by atoms with Gasteiger partial charge in [0.15, 0.2) is 0 Å². The van der Waals surface area contributed by atoms with Crippen LogP contribution in [0, 0.1) is 0 Å². The van der Waals surface area contributed by atoms with E-state index >= 15 is 41.9 Å². The van der Waals surface area contributed by atoms with Crippen molar-refractivity contribution in [2.24, 2.45) is 0 Å². The number of halogens is 7. The lowest BCUT2D eigenvalue weighted by atomic mass is 9.80. The smallest absolute Gasteiger partial charge is 0.391 e. The van der Waals surface area contributed by atoms with Crippen LogP contribution in [0.1, 0.15) is 94.6 Å². The molecule has 0 aliphatic carbocycles. The third-order valence-corrected chi connectivity index (χ3v) is 23.3. The molecule has 0 saturated heterocycles. The van der Waals surface area contributed by atoms with Crippen LogP contribution < -0.4 is 18.9 Å². The molecule has 133 heavy (non-hydrogen) atoms. The first-order valence-corrected chi connectivity index (χ1v) is 42.9. The highest BCUT2D eigenvalue weighted by Crippen LogP contribution is 2.59. The maximum absolute atomic E-state index is 16.6. The fourth-order valence-electron chi connectivity index (χ4n) is 16.5. The Kier molecular flexibility index (Phi) is 25.3. The van der Waals surface area contributed by atoms with Gasteiger partial charge in [0, 0.05) is 101 Å². The fraction of sp³-hybridized carbons (Fsp3) is 0.157. The molecule has 2 aliphatic heterocycles. The average Bonchev–Trinajstić information content (AvgIpc) is 0.853. The number of benzene rings is 13. The summed E-state index contributed by atoms with van der Waals surface area (Å²) >= 11 is 23.4. The Hall–Kier alpha value is -15.0. The van der Waals surface area contributed by atoms with Crippen molar-refractivity contribution in [1.29, 1.82) is 0 Å². The number of hydrogen-bond acceptors (Lipinski definition) is 22. The molecular weight excluding hydrogens is 1800 g/mol. The van der Waals surface area contributed by atoms with Crippen LogP contribution in [0.3, 0.4) is 0 Å². The quantitative estimate of drug-likeness (QED) is 0.00903. The molecule has 0 spiro atoms. The van der Waals surface area contributed by atoms with Crippen molar-refractivity contribution >= 4 is 193 Å². The first-order chi connectivity index (χ1) is 64.0. The van der Waals surface area contributed by atoms with E-state index in [4.69, 9.17) is 103 Å². The first-order valence-electron chi connectivity index (χ1n) is 41.4. The topological polar surface area (TPSA) is 296 Å². The Morgan fingerprint density at radius 1 is 0.353 bits per heavy atom. The number of alkyl halides is 3. The molecule has 0 fully saturated rings. The zero-order chi connectivity index (χ0) is 93.5. The normalized spacial score (nSPS) is 13.0. The van der Waals surface area contributed by atoms with Crippen LogP contribution in [0.2, 0.25) is 0 Å². The number of carbonyl (C=O) groups excluding carboxylic acids is 10. The summed E-state index contributed by atoms with van der Waals surface area (Å²) in [5.74, 6) is -12.3. The number of amides is 4. The molecule has 0 bridgehead atoms. The molecule has 2 aromatic heterocycles. The second-order valence-corrected chi connectivity index (χ2v) is 32.9. The maximum Gasteiger partial charge on any atom is 0.391 e. The standard InChI is InChI=1S/C102H71Cl4F3N2O22/c1-6-74(100(120)126-50-60-13-11-17-68-66-15-7-9-19-76(66)132-90(60)68)110-92(112)70-45-78(128-62-29-21-56(22-30-62)37-41-122-96(116)52(2)103)84-86-80(130-64-33-25-58(26-34-64)39-43-124-98(118)54(4)105)47-72-83-73(95(115)111(94(72)114)75(49-102(107,108)109)101(121)127-51-61-14-12-18-69-67-16-8-10-20-77(67)133-91(61)69)48-81(131-65-35-27-59(28-36-65)40-44-125-99(119)55(5)106)87(89(83)86)85-79(46-71(93(110)113)82(70)88(84)85)129-63-31-23-57(24-32-63)38-42-123-97(117)53(3)104/h7-36,45-48,74-75H,2-6,37-44,49-51H2,1H3. The van der Waals surface area contributed by atoms with Crippen molar-refractivity contribution in [2.45, 2.75) is 76.9 Å². The predicted molar refractivity (Wildman–Crippen MR) is 489 cm³/mol. The second kappa shape index (κ2) is 37.4. The van der Waals surface area contributed by atoms with E-state index in [1.54, 1.807) is 134 Å². The molecule has 0 radical (unpaired) electrons. The Morgan fingerprint density at radius 2 is 0.632 bits per heavy atom. The lowest BCUT2D eigenvalue weighted by molar-refractivity contribution is -0.167. The van der Waals surface area contributed by atoms with Crippen LogP contribution in [-0.2, 0) is 96.1 Å². The number of rotatable bonds is 34. The van der Waals surface area contributed by atoms with Crippen molar-refractivity contribution in [1.82, 2.24) is 9.80 Å². The number of ether oxygens (including phenoxy) is 10. The Labute approximate surface area is 772 Å². The molecule has 2 unspecified atom stereocenters. The van der Waals surface area contributed by atoms with E-state index in [0.717, 1.165) is 15.7 Å². The van der Waals surface area contributed by atoms with Gasteiger partial charge in [-0.2, -0.15) is 13.2 Å². The molecule has 24 nitrogen and oxygen atoms in total. The van der Waals surface area contributed by atoms with Crippen LogP contribution >= 0.6 is 46.4 Å². The molecule has 0 N–H and O–H groups in total. The molecule has 13 aromatic carbocycles. The van der Waals surface area contributed by atoms with E-state index < -0.39 is 102 Å². The van der Waals surface area contributed by atoms with Gasteiger partial charge >= 0.3 is 42.0 Å². The summed E-state index contributed by atoms with van der Waals surface area (Å²) < 4.78 is 122. The van der Waals surface area contributed by atoms with Gasteiger partial charge < -0.3 is 56.2 Å². The number of carbonyl (C=O) groups is 10. The number of furan rings is 2. The zero-order valence-electron chi connectivity index (χ0n) is 70.1. The molecule has 670 valence electrons. The van der Waals surface area contributed by atoms with E-state index in [2.05, 4.69) is 26.3 Å². The lowest BCUT2D eigenvalue weighted by Crippen LogP contribution is -2.52. The van der Waals surface area contributed by atoms with Crippen LogP contribution in [0.25, 0.3) is 87.0 Å². The van der Waals surface area contributed by atoms with Crippen molar-refractivity contribution in [3.8, 4) is 46.0 Å². The largest absolute Gasteiger partial charge is 0.461 e. The molecule has 31 heteroatoms. The predicted octanol–water partition coefficient (Wildman–Crippen LogP) is 22.8. The highest BCUT2D eigenvalue weighted by molar-refractivity contribution is 6.46. The summed E-state index contributed by atoms with van der Waals surface area (Å²) in [5, 5.41) is 0.318. The lowest BCUT2D eigenvalue weighted by Gasteiger charge is -2.35. The van der Waals surface area contributed by atoms with Crippen molar-refractivity contribution in [3.05, 3.63) is 308 Å². The second-order valence-electron chi connectivity index (χ2n) is 31.1. The van der Waals surface area contributed by atoms with Crippen LogP contribution in [0.5, 0.6) is 46.0 Å². The monoisotopic (exact) mass is 1870 g/mol. The summed E-state index contributed by atoms with van der Waals surface area (Å²) in [4.78, 5) is 148. The highest BCUT2D eigenvalue weighted by atomic mass is 35.5. The van der Waals surface area contributed by atoms with Gasteiger partial charge in [0.05, 0.1) is 55.1 Å². The summed E-state index contributed by atoms with van der Waals surface area (Å²) in [5.41, 5.74) is 3.02. The first kappa shape index (κ1) is 89.9. The Morgan fingerprint density at radius 3 is 0.917 bits per heavy atom. The molecule has 4 amide bonds. The number of imide groups is 2. The third-order valence-electron chi connectivity index (χ3n) is 22.6. The molecule has 2 atom stereocenters. The number of nitrogens with zero attached hydrogens (tertiary/aromatic N) is 2. The van der Waals surface area contributed by atoms with Crippen molar-refractivity contribution in [3.63, 3.8) is 0 Å². The minimum atomic E-state index is -5.32. The van der Waals surface area contributed by atoms with Gasteiger partial charge in [-0.05, 0) is 114 Å². The van der Waals surface area contributed by atoms with E-state index in [0.29, 0.717) is 55.3 Å². The number of hydrogen-bond donors (Lipinski definition) is 0. The minimum Gasteiger partial charge on any atom is -0.461 e.